The van der Waals surface area contributed by atoms with E-state index in [1.54, 1.807) is 0 Å². The third kappa shape index (κ3) is 13.9. The molecule has 2 heterocycles. The Hall–Kier alpha value is -3.24. The molecule has 0 bridgehead atoms. The number of nitriles is 2. The third-order valence-electron chi connectivity index (χ3n) is 4.21. The average Bonchev–Trinajstić information content (AvgIpc) is 2.72. The Bertz CT molecular complexity index is 1340. The van der Waals surface area contributed by atoms with E-state index < -0.39 is 48.4 Å². The molecule has 222 valence electrons. The molecule has 39 heavy (non-hydrogen) atoms. The van der Waals surface area contributed by atoms with E-state index in [0.29, 0.717) is 11.1 Å². The van der Waals surface area contributed by atoms with Crippen LogP contribution in [0.2, 0.25) is 0 Å². The Morgan fingerprint density at radius 3 is 1.59 bits per heavy atom. The maximum absolute atomic E-state index is 12.3. The van der Waals surface area contributed by atoms with Crippen molar-refractivity contribution in [3.05, 3.63) is 59.2 Å². The predicted octanol–water partition coefficient (Wildman–Crippen LogP) is 7.46. The summed E-state index contributed by atoms with van der Waals surface area (Å²) in [4.78, 5) is 6.49. The first-order valence-electron chi connectivity index (χ1n) is 9.15. The largest absolute Gasteiger partial charge is 0.433 e. The van der Waals surface area contributed by atoms with Crippen molar-refractivity contribution in [2.24, 2.45) is 8.73 Å². The van der Waals surface area contributed by atoms with Gasteiger partial charge in [-0.05, 0) is 30.2 Å². The fraction of sp³-hybridized carbons (Fsp3) is 0.478. The molecule has 0 aliphatic rings. The molecular weight excluding hydrogens is 570 g/mol. The molecule has 0 N–H and O–H groups in total. The lowest BCUT2D eigenvalue weighted by atomic mass is 10.2. The number of rotatable bonds is 4. The Balaban J connectivity index is -0.000000285. The molecule has 0 aliphatic carbocycles. The topological polar surface area (TPSA) is 132 Å². The van der Waals surface area contributed by atoms with Gasteiger partial charge in [-0.25, -0.2) is 8.42 Å². The molecule has 0 fully saturated rings. The highest BCUT2D eigenvalue weighted by Crippen LogP contribution is 2.29. The van der Waals surface area contributed by atoms with Gasteiger partial charge < -0.3 is 0 Å². The summed E-state index contributed by atoms with van der Waals surface area (Å²) in [5, 5.41) is 16.0. The zero-order chi connectivity index (χ0) is 27.1. The van der Waals surface area contributed by atoms with E-state index in [0.717, 1.165) is 24.5 Å². The molecule has 16 heteroatoms. The number of alkyl halides is 6. The molecule has 2 aromatic heterocycles. The molecular formula is C23H34F6N6O2S2. The van der Waals surface area contributed by atoms with Crippen molar-refractivity contribution in [2.45, 2.75) is 60.0 Å². The first-order valence-corrected chi connectivity index (χ1v) is 13.2. The molecule has 0 saturated carbocycles. The van der Waals surface area contributed by atoms with Gasteiger partial charge in [0, 0.05) is 24.9 Å². The van der Waals surface area contributed by atoms with E-state index in [2.05, 4.69) is 18.7 Å². The van der Waals surface area contributed by atoms with Crippen molar-refractivity contribution in [1.82, 2.24) is 9.97 Å². The number of hydrogen-bond acceptors (Lipinski definition) is 8. The summed E-state index contributed by atoms with van der Waals surface area (Å²) in [6.45, 7) is 1.52. The lowest BCUT2D eigenvalue weighted by molar-refractivity contribution is -0.142. The molecule has 2 aromatic rings. The number of hydrogen-bond donors (Lipinski definition) is 0. The van der Waals surface area contributed by atoms with E-state index in [1.165, 1.54) is 44.0 Å². The second-order valence-corrected chi connectivity index (χ2v) is 12.0. The van der Waals surface area contributed by atoms with Crippen molar-refractivity contribution in [2.75, 3.05) is 12.5 Å². The number of nitrogens with zero attached hydrogens (tertiary/aromatic N) is 6. The van der Waals surface area contributed by atoms with Crippen molar-refractivity contribution in [3.63, 3.8) is 0 Å². The molecule has 3 atom stereocenters. The molecule has 0 saturated heterocycles. The van der Waals surface area contributed by atoms with Crippen molar-refractivity contribution < 1.29 is 34.8 Å². The summed E-state index contributed by atoms with van der Waals surface area (Å²) in [6.07, 6.45) is -1.63. The van der Waals surface area contributed by atoms with E-state index in [9.17, 15) is 34.8 Å². The van der Waals surface area contributed by atoms with Gasteiger partial charge in [-0.3, -0.25) is 9.97 Å². The van der Waals surface area contributed by atoms with Crippen LogP contribution in [0.3, 0.4) is 0 Å². The van der Waals surface area contributed by atoms with Crippen molar-refractivity contribution >= 4 is 19.5 Å². The number of aromatic nitrogens is 2. The van der Waals surface area contributed by atoms with Crippen LogP contribution in [0.15, 0.2) is 45.4 Å². The summed E-state index contributed by atoms with van der Waals surface area (Å²) in [6, 6.07) is 3.98. The fourth-order valence-electron chi connectivity index (χ4n) is 2.33. The molecule has 0 radical (unpaired) electrons. The zero-order valence-electron chi connectivity index (χ0n) is 18.3. The molecule has 3 unspecified atom stereocenters. The zero-order valence-corrected chi connectivity index (χ0v) is 20.0. The molecule has 0 spiro atoms. The van der Waals surface area contributed by atoms with Crippen LogP contribution in [0.25, 0.3) is 0 Å². The van der Waals surface area contributed by atoms with Gasteiger partial charge in [0.1, 0.15) is 11.4 Å². The minimum atomic E-state index is -4.51. The average molecular weight is 605 g/mol. The van der Waals surface area contributed by atoms with Crippen LogP contribution in [0.1, 0.15) is 64.4 Å². The van der Waals surface area contributed by atoms with Crippen molar-refractivity contribution in [1.29, 1.82) is 10.5 Å². The van der Waals surface area contributed by atoms with Crippen LogP contribution < -0.4 is 0 Å². The van der Waals surface area contributed by atoms with Crippen LogP contribution in [0.4, 0.5) is 26.3 Å². The maximum atomic E-state index is 12.3. The van der Waals surface area contributed by atoms with Crippen LogP contribution >= 0.6 is 0 Å². The fourth-order valence-corrected chi connectivity index (χ4v) is 4.32. The van der Waals surface area contributed by atoms with Gasteiger partial charge in [-0.1, -0.05) is 41.8 Å². The molecule has 0 aromatic carbocycles. The van der Waals surface area contributed by atoms with E-state index in [1.807, 2.05) is 0 Å². The normalized spacial score (nSPS) is 14.0. The summed E-state index contributed by atoms with van der Waals surface area (Å²) in [7, 11) is -5.56. The van der Waals surface area contributed by atoms with Crippen LogP contribution in [0, 0.1) is 22.9 Å². The maximum Gasteiger partial charge on any atom is 0.433 e. The first kappa shape index (κ1) is 42.8. The standard InChI is InChI=1S/C10H10F3N3OS.C9H8F3N3OS.4CH4/c1-7(18(2,17)16-6-14)8-3-4-9(15-5-8)10(11,12)13;1-17(16,15-6-13)5-7-2-3-8(14-4-7)9(10,11)12;;;;/h3-5,7H,1-2H3;2-4H,5H2,1H3;4*1H4. The highest BCUT2D eigenvalue weighted by atomic mass is 32.2. The monoisotopic (exact) mass is 604 g/mol. The van der Waals surface area contributed by atoms with Crippen LogP contribution in [-0.4, -0.2) is 30.9 Å². The second kappa shape index (κ2) is 16.7. The lowest BCUT2D eigenvalue weighted by Gasteiger charge is -2.13. The second-order valence-electron chi connectivity index (χ2n) is 7.01. The van der Waals surface area contributed by atoms with Gasteiger partial charge >= 0.3 is 12.4 Å². The van der Waals surface area contributed by atoms with Crippen LogP contribution in [-0.2, 0) is 37.6 Å². The Kier molecular flexibility index (Phi) is 18.3. The molecule has 2 rings (SSSR count). The van der Waals surface area contributed by atoms with E-state index >= 15 is 0 Å². The minimum Gasteiger partial charge on any atom is -0.251 e. The summed E-state index contributed by atoms with van der Waals surface area (Å²) >= 11 is 0. The highest BCUT2D eigenvalue weighted by Gasteiger charge is 2.33. The summed E-state index contributed by atoms with van der Waals surface area (Å²) < 4.78 is 103. The lowest BCUT2D eigenvalue weighted by Crippen LogP contribution is -2.11. The van der Waals surface area contributed by atoms with Gasteiger partial charge in [-0.15, -0.1) is 8.73 Å². The number of halogens is 6. The Morgan fingerprint density at radius 2 is 1.26 bits per heavy atom. The molecule has 0 amide bonds. The van der Waals surface area contributed by atoms with Gasteiger partial charge in [-0.2, -0.15) is 36.9 Å². The third-order valence-corrected chi connectivity index (χ3v) is 7.57. The summed E-state index contributed by atoms with van der Waals surface area (Å²) in [5.41, 5.74) is -1.35. The SMILES string of the molecule is C.C.C.C.CC(c1ccc(C(F)(F)F)nc1)S(C)(=O)=NC#N.CS(=O)(Cc1ccc(C(F)(F)F)nc1)=NC#N. The Morgan fingerprint density at radius 1 is 0.821 bits per heavy atom. The van der Waals surface area contributed by atoms with Gasteiger partial charge in [0.2, 0.25) is 12.4 Å². The molecule has 8 nitrogen and oxygen atoms in total. The van der Waals surface area contributed by atoms with E-state index in [-0.39, 0.29) is 35.5 Å². The first-order chi connectivity index (χ1) is 15.9. The Labute approximate surface area is 227 Å². The predicted molar refractivity (Wildman–Crippen MR) is 142 cm³/mol. The van der Waals surface area contributed by atoms with Gasteiger partial charge in [0.25, 0.3) is 0 Å². The molecule has 0 aliphatic heterocycles. The quantitative estimate of drug-likeness (QED) is 0.263. The van der Waals surface area contributed by atoms with E-state index in [4.69, 9.17) is 10.5 Å². The van der Waals surface area contributed by atoms with Crippen LogP contribution in [0.5, 0.6) is 0 Å². The van der Waals surface area contributed by atoms with Gasteiger partial charge in [0.05, 0.1) is 30.5 Å². The van der Waals surface area contributed by atoms with Crippen molar-refractivity contribution in [3.8, 4) is 12.4 Å². The highest BCUT2D eigenvalue weighted by molar-refractivity contribution is 7.93. The number of pyridine rings is 2. The summed E-state index contributed by atoms with van der Waals surface area (Å²) in [5.74, 6) is -0.105. The van der Waals surface area contributed by atoms with Gasteiger partial charge in [0.15, 0.2) is 0 Å². The smallest absolute Gasteiger partial charge is 0.251 e. The minimum absolute atomic E-state index is 0.